The van der Waals surface area contributed by atoms with Gasteiger partial charge in [-0.3, -0.25) is 4.79 Å². The number of carbonyl (C=O) groups excluding carboxylic acids is 1. The fourth-order valence-corrected chi connectivity index (χ4v) is 3.31. The van der Waals surface area contributed by atoms with Crippen LogP contribution in [0.1, 0.15) is 41.0 Å². The summed E-state index contributed by atoms with van der Waals surface area (Å²) in [5.74, 6) is 0.244. The van der Waals surface area contributed by atoms with E-state index in [4.69, 9.17) is 0 Å². The van der Waals surface area contributed by atoms with Crippen molar-refractivity contribution in [2.75, 3.05) is 13.6 Å². The second-order valence-electron chi connectivity index (χ2n) is 5.06. The average molecular weight is 268 g/mol. The Balaban J connectivity index is 1.97. The molecule has 0 bridgehead atoms. The molecule has 100 valence electrons. The standard InChI is InChI=1S/C13H20N2O2S/c1-9-12(18-8-14-9)13(17)15(2)7-10-5-3-4-6-11(10)16/h8,10-11,16H,3-7H2,1-2H3. The van der Waals surface area contributed by atoms with Gasteiger partial charge in [0.2, 0.25) is 0 Å². The highest BCUT2D eigenvalue weighted by Crippen LogP contribution is 2.25. The molecule has 1 N–H and O–H groups in total. The second kappa shape index (κ2) is 5.80. The fourth-order valence-electron chi connectivity index (χ4n) is 2.52. The summed E-state index contributed by atoms with van der Waals surface area (Å²) < 4.78 is 0. The molecule has 0 saturated heterocycles. The molecule has 1 saturated carbocycles. The van der Waals surface area contributed by atoms with E-state index in [1.54, 1.807) is 10.4 Å². The van der Waals surface area contributed by atoms with Crippen LogP contribution in [0.3, 0.4) is 0 Å². The fraction of sp³-hybridized carbons (Fsp3) is 0.692. The van der Waals surface area contributed by atoms with Gasteiger partial charge in [0.1, 0.15) is 4.88 Å². The maximum Gasteiger partial charge on any atom is 0.265 e. The Bertz CT molecular complexity index is 419. The van der Waals surface area contributed by atoms with Crippen molar-refractivity contribution in [1.82, 2.24) is 9.88 Å². The van der Waals surface area contributed by atoms with Crippen LogP contribution in [-0.4, -0.2) is 40.6 Å². The molecule has 1 aliphatic rings. The van der Waals surface area contributed by atoms with Gasteiger partial charge < -0.3 is 10.0 Å². The number of thiazole rings is 1. The number of hydrogen-bond acceptors (Lipinski definition) is 4. The number of amides is 1. The largest absolute Gasteiger partial charge is 0.393 e. The molecule has 2 rings (SSSR count). The van der Waals surface area contributed by atoms with Crippen LogP contribution in [0.2, 0.25) is 0 Å². The summed E-state index contributed by atoms with van der Waals surface area (Å²) in [5.41, 5.74) is 2.49. The molecular weight excluding hydrogens is 248 g/mol. The Labute approximate surface area is 112 Å². The normalized spacial score (nSPS) is 23.9. The quantitative estimate of drug-likeness (QED) is 0.913. The van der Waals surface area contributed by atoms with E-state index < -0.39 is 0 Å². The van der Waals surface area contributed by atoms with Crippen molar-refractivity contribution < 1.29 is 9.90 Å². The molecular formula is C13H20N2O2S. The zero-order valence-electron chi connectivity index (χ0n) is 10.9. The zero-order chi connectivity index (χ0) is 13.1. The maximum absolute atomic E-state index is 12.2. The van der Waals surface area contributed by atoms with Gasteiger partial charge in [-0.05, 0) is 19.8 Å². The van der Waals surface area contributed by atoms with Crippen molar-refractivity contribution in [3.63, 3.8) is 0 Å². The highest BCUT2D eigenvalue weighted by atomic mass is 32.1. The van der Waals surface area contributed by atoms with Gasteiger partial charge in [-0.2, -0.15) is 0 Å². The van der Waals surface area contributed by atoms with Gasteiger partial charge >= 0.3 is 0 Å². The third kappa shape index (κ3) is 2.90. The summed E-state index contributed by atoms with van der Waals surface area (Å²) in [6.07, 6.45) is 3.89. The summed E-state index contributed by atoms with van der Waals surface area (Å²) in [6.45, 7) is 2.49. The van der Waals surface area contributed by atoms with E-state index in [1.165, 1.54) is 11.3 Å². The van der Waals surface area contributed by atoms with Crippen LogP contribution in [0.25, 0.3) is 0 Å². The molecule has 1 aliphatic carbocycles. The molecule has 0 radical (unpaired) electrons. The van der Waals surface area contributed by atoms with Crippen LogP contribution >= 0.6 is 11.3 Å². The number of aliphatic hydroxyl groups is 1. The number of nitrogens with zero attached hydrogens (tertiary/aromatic N) is 2. The molecule has 18 heavy (non-hydrogen) atoms. The van der Waals surface area contributed by atoms with Gasteiger partial charge in [-0.25, -0.2) is 4.98 Å². The third-order valence-electron chi connectivity index (χ3n) is 3.66. The van der Waals surface area contributed by atoms with Gasteiger partial charge in [0.15, 0.2) is 0 Å². The molecule has 0 aliphatic heterocycles. The van der Waals surface area contributed by atoms with Crippen LogP contribution in [0, 0.1) is 12.8 Å². The zero-order valence-corrected chi connectivity index (χ0v) is 11.7. The van der Waals surface area contributed by atoms with Crippen LogP contribution in [-0.2, 0) is 0 Å². The molecule has 2 atom stereocenters. The molecule has 4 nitrogen and oxygen atoms in total. The molecule has 2 unspecified atom stereocenters. The first-order valence-corrected chi connectivity index (χ1v) is 7.31. The Hall–Kier alpha value is -0.940. The summed E-state index contributed by atoms with van der Waals surface area (Å²) >= 11 is 1.38. The topological polar surface area (TPSA) is 53.4 Å². The van der Waals surface area contributed by atoms with Crippen molar-refractivity contribution in [1.29, 1.82) is 0 Å². The Morgan fingerprint density at radius 3 is 2.89 bits per heavy atom. The first kappa shape index (κ1) is 13.5. The Morgan fingerprint density at radius 1 is 1.56 bits per heavy atom. The summed E-state index contributed by atoms with van der Waals surface area (Å²) in [7, 11) is 1.81. The van der Waals surface area contributed by atoms with Crippen LogP contribution in [0.15, 0.2) is 5.51 Å². The molecule has 1 amide bonds. The van der Waals surface area contributed by atoms with E-state index in [0.717, 1.165) is 31.4 Å². The smallest absolute Gasteiger partial charge is 0.265 e. The molecule has 1 aromatic heterocycles. The van der Waals surface area contributed by atoms with E-state index >= 15 is 0 Å². The lowest BCUT2D eigenvalue weighted by atomic mass is 9.86. The van der Waals surface area contributed by atoms with Gasteiger partial charge in [-0.15, -0.1) is 11.3 Å². The van der Waals surface area contributed by atoms with E-state index in [0.29, 0.717) is 11.4 Å². The number of hydrogen-bond donors (Lipinski definition) is 1. The van der Waals surface area contributed by atoms with Crippen LogP contribution in [0.4, 0.5) is 0 Å². The maximum atomic E-state index is 12.2. The molecule has 5 heteroatoms. The minimum atomic E-state index is -0.253. The van der Waals surface area contributed by atoms with Gasteiger partial charge in [0, 0.05) is 19.5 Å². The lowest BCUT2D eigenvalue weighted by Gasteiger charge is -2.31. The first-order chi connectivity index (χ1) is 8.59. The van der Waals surface area contributed by atoms with Crippen molar-refractivity contribution in [3.8, 4) is 0 Å². The van der Waals surface area contributed by atoms with E-state index in [-0.39, 0.29) is 17.9 Å². The Kier molecular flexibility index (Phi) is 4.35. The van der Waals surface area contributed by atoms with E-state index in [9.17, 15) is 9.90 Å². The predicted molar refractivity (Wildman–Crippen MR) is 71.8 cm³/mol. The van der Waals surface area contributed by atoms with Crippen LogP contribution < -0.4 is 0 Å². The number of carbonyl (C=O) groups is 1. The highest BCUT2D eigenvalue weighted by Gasteiger charge is 2.26. The van der Waals surface area contributed by atoms with Gasteiger partial charge in [0.05, 0.1) is 17.3 Å². The highest BCUT2D eigenvalue weighted by molar-refractivity contribution is 7.11. The van der Waals surface area contributed by atoms with Gasteiger partial charge in [-0.1, -0.05) is 12.8 Å². The van der Waals surface area contributed by atoms with Crippen molar-refractivity contribution in [2.45, 2.75) is 38.7 Å². The van der Waals surface area contributed by atoms with E-state index in [2.05, 4.69) is 4.98 Å². The summed E-state index contributed by atoms with van der Waals surface area (Å²) in [6, 6.07) is 0. The summed E-state index contributed by atoms with van der Waals surface area (Å²) in [5, 5.41) is 9.94. The molecule has 0 spiro atoms. The number of aryl methyl sites for hydroxylation is 1. The molecule has 0 aromatic carbocycles. The SMILES string of the molecule is Cc1ncsc1C(=O)N(C)CC1CCCCC1O. The monoisotopic (exact) mass is 268 g/mol. The number of aliphatic hydroxyl groups excluding tert-OH is 1. The second-order valence-corrected chi connectivity index (χ2v) is 5.92. The van der Waals surface area contributed by atoms with Crippen molar-refractivity contribution >= 4 is 17.2 Å². The van der Waals surface area contributed by atoms with Crippen LogP contribution in [0.5, 0.6) is 0 Å². The summed E-state index contributed by atoms with van der Waals surface area (Å²) in [4.78, 5) is 18.8. The molecule has 1 aromatic rings. The third-order valence-corrected chi connectivity index (χ3v) is 4.58. The number of aromatic nitrogens is 1. The minimum absolute atomic E-state index is 0.0211. The molecule has 1 heterocycles. The lowest BCUT2D eigenvalue weighted by molar-refractivity contribution is 0.0453. The first-order valence-electron chi connectivity index (χ1n) is 6.43. The van der Waals surface area contributed by atoms with Crippen molar-refractivity contribution in [3.05, 3.63) is 16.1 Å². The lowest BCUT2D eigenvalue weighted by Crippen LogP contribution is -2.38. The number of rotatable bonds is 3. The minimum Gasteiger partial charge on any atom is -0.393 e. The average Bonchev–Trinajstić information content (AvgIpc) is 2.77. The Morgan fingerprint density at radius 2 is 2.28 bits per heavy atom. The van der Waals surface area contributed by atoms with Crippen molar-refractivity contribution in [2.24, 2.45) is 5.92 Å². The van der Waals surface area contributed by atoms with Gasteiger partial charge in [0.25, 0.3) is 5.91 Å². The molecule has 1 fully saturated rings. The predicted octanol–water partition coefficient (Wildman–Crippen LogP) is 2.07. The van der Waals surface area contributed by atoms with E-state index in [1.807, 2.05) is 14.0 Å².